The summed E-state index contributed by atoms with van der Waals surface area (Å²) in [6, 6.07) is 18.7. The Balaban J connectivity index is 1.88. The fourth-order valence-electron chi connectivity index (χ4n) is 3.94. The van der Waals surface area contributed by atoms with E-state index in [4.69, 9.17) is 17.0 Å². The number of benzene rings is 2. The minimum absolute atomic E-state index is 0.163. The molecule has 0 radical (unpaired) electrons. The summed E-state index contributed by atoms with van der Waals surface area (Å²) in [7, 11) is 0. The van der Waals surface area contributed by atoms with Crippen LogP contribution in [0.5, 0.6) is 0 Å². The molecule has 3 amide bonds. The highest BCUT2D eigenvalue weighted by atomic mass is 32.1. The van der Waals surface area contributed by atoms with Crippen molar-refractivity contribution < 1.29 is 14.3 Å². The zero-order valence-electron chi connectivity index (χ0n) is 15.3. The second-order valence-corrected chi connectivity index (χ2v) is 7.08. The van der Waals surface area contributed by atoms with E-state index < -0.39 is 11.4 Å². The molecule has 28 heavy (non-hydrogen) atoms. The van der Waals surface area contributed by atoms with Gasteiger partial charge in [-0.25, -0.2) is 4.79 Å². The van der Waals surface area contributed by atoms with Crippen molar-refractivity contribution in [1.82, 2.24) is 20.9 Å². The molecule has 2 atom stereocenters. The van der Waals surface area contributed by atoms with Gasteiger partial charge in [-0.1, -0.05) is 60.7 Å². The monoisotopic (exact) mass is 396 g/mol. The predicted molar refractivity (Wildman–Crippen MR) is 107 cm³/mol. The summed E-state index contributed by atoms with van der Waals surface area (Å²) in [6.07, 6.45) is 0. The Kier molecular flexibility index (Phi) is 4.43. The molecule has 7 nitrogen and oxygen atoms in total. The number of thiocarbonyl (C=S) groups is 1. The van der Waals surface area contributed by atoms with Crippen LogP contribution in [0.25, 0.3) is 0 Å². The van der Waals surface area contributed by atoms with Crippen LogP contribution in [0.15, 0.2) is 60.7 Å². The molecule has 0 aromatic heterocycles. The minimum Gasteiger partial charge on any atom is -0.434 e. The number of nitrogens with one attached hydrogen (secondary N) is 3. The second kappa shape index (κ2) is 6.79. The molecule has 2 aliphatic rings. The molecule has 0 aliphatic carbocycles. The third-order valence-electron chi connectivity index (χ3n) is 5.04. The molecule has 4 rings (SSSR count). The number of nitrogens with zero attached hydrogens (tertiary/aromatic N) is 1. The Morgan fingerprint density at radius 1 is 1.07 bits per heavy atom. The number of hydrogen-bond donors (Lipinski definition) is 3. The summed E-state index contributed by atoms with van der Waals surface area (Å²) < 4.78 is 6.21. The average molecular weight is 396 g/mol. The molecular weight excluding hydrogens is 376 g/mol. The van der Waals surface area contributed by atoms with Gasteiger partial charge in [-0.3, -0.25) is 9.69 Å². The topological polar surface area (TPSA) is 82.7 Å². The van der Waals surface area contributed by atoms with Crippen molar-refractivity contribution in [2.75, 3.05) is 13.1 Å². The highest BCUT2D eigenvalue weighted by molar-refractivity contribution is 7.80. The highest BCUT2D eigenvalue weighted by Crippen LogP contribution is 2.51. The van der Waals surface area contributed by atoms with Crippen molar-refractivity contribution in [1.29, 1.82) is 0 Å². The molecule has 2 unspecified atom stereocenters. The van der Waals surface area contributed by atoms with E-state index in [-0.39, 0.29) is 23.7 Å². The first-order valence-corrected chi connectivity index (χ1v) is 9.37. The van der Waals surface area contributed by atoms with Crippen LogP contribution in [0.2, 0.25) is 0 Å². The van der Waals surface area contributed by atoms with Crippen LogP contribution in [-0.4, -0.2) is 35.1 Å². The van der Waals surface area contributed by atoms with Gasteiger partial charge in [0, 0.05) is 31.1 Å². The van der Waals surface area contributed by atoms with E-state index in [1.807, 2.05) is 60.7 Å². The number of rotatable bonds is 5. The molecule has 0 bridgehead atoms. The second-order valence-electron chi connectivity index (χ2n) is 6.71. The molecule has 2 aromatic rings. The van der Waals surface area contributed by atoms with Crippen LogP contribution in [0, 0.1) is 0 Å². The van der Waals surface area contributed by atoms with Crippen LogP contribution in [0.1, 0.15) is 18.1 Å². The minimum atomic E-state index is -1.23. The zero-order valence-corrected chi connectivity index (χ0v) is 16.1. The Morgan fingerprint density at radius 3 is 2.29 bits per heavy atom. The maximum Gasteiger partial charge on any atom is 0.323 e. The first kappa shape index (κ1) is 18.2. The summed E-state index contributed by atoms with van der Waals surface area (Å²) in [5.41, 5.74) is -0.746. The van der Waals surface area contributed by atoms with Crippen LogP contribution in [0.3, 0.4) is 0 Å². The smallest absolute Gasteiger partial charge is 0.323 e. The van der Waals surface area contributed by atoms with Crippen molar-refractivity contribution in [3.8, 4) is 0 Å². The molecule has 144 valence electrons. The lowest BCUT2D eigenvalue weighted by atomic mass is 9.84. The van der Waals surface area contributed by atoms with Gasteiger partial charge in [0.15, 0.2) is 0 Å². The Labute approximate surface area is 168 Å². The van der Waals surface area contributed by atoms with E-state index in [0.29, 0.717) is 6.54 Å². The van der Waals surface area contributed by atoms with Crippen molar-refractivity contribution in [2.45, 2.75) is 18.3 Å². The summed E-state index contributed by atoms with van der Waals surface area (Å²) in [5, 5.41) is 9.17. The molecule has 2 fully saturated rings. The van der Waals surface area contributed by atoms with Crippen LogP contribution in [0.4, 0.5) is 4.79 Å². The van der Waals surface area contributed by atoms with E-state index in [9.17, 15) is 9.59 Å². The average Bonchev–Trinajstić information content (AvgIpc) is 3.11. The van der Waals surface area contributed by atoms with Crippen molar-refractivity contribution in [3.05, 3.63) is 71.8 Å². The quantitative estimate of drug-likeness (QED) is 0.671. The summed E-state index contributed by atoms with van der Waals surface area (Å²) >= 11 is 5.38. The molecule has 2 saturated heterocycles. The molecule has 2 heterocycles. The Hall–Kier alpha value is -3.13. The number of carbonyl (C=O) groups excluding carboxylic acids is 2. The zero-order chi connectivity index (χ0) is 19.8. The van der Waals surface area contributed by atoms with Crippen LogP contribution < -0.4 is 16.0 Å². The molecule has 3 N–H and O–H groups in total. The lowest BCUT2D eigenvalue weighted by molar-refractivity contribution is -0.119. The highest BCUT2D eigenvalue weighted by Gasteiger charge is 2.71. The van der Waals surface area contributed by atoms with Crippen LogP contribution in [-0.2, 0) is 20.9 Å². The number of amides is 3. The van der Waals surface area contributed by atoms with Gasteiger partial charge in [0.25, 0.3) is 10.9 Å². The van der Waals surface area contributed by atoms with Gasteiger partial charge in [0.05, 0.1) is 0 Å². The van der Waals surface area contributed by atoms with Gasteiger partial charge in [-0.2, -0.15) is 0 Å². The fraction of sp³-hybridized carbons (Fsp3) is 0.250. The van der Waals surface area contributed by atoms with Crippen molar-refractivity contribution in [2.24, 2.45) is 0 Å². The van der Waals surface area contributed by atoms with Gasteiger partial charge in [0.1, 0.15) is 0 Å². The van der Waals surface area contributed by atoms with E-state index in [1.54, 1.807) is 4.90 Å². The van der Waals surface area contributed by atoms with Crippen LogP contribution >= 0.6 is 12.2 Å². The molecule has 2 aromatic carbocycles. The van der Waals surface area contributed by atoms with E-state index in [0.717, 1.165) is 11.1 Å². The maximum absolute atomic E-state index is 13.1. The standard InChI is InChI=1S/C20H20N4O3S/c1-14(25)21-12-13-24-17(26)22-19(15-8-4-2-5-9-15)20(24,27-18(28)23-19)16-10-6-3-7-11-16/h2-11H,12-13H2,1H3,(H,21,25)(H,22,26)(H,23,28). The maximum atomic E-state index is 13.1. The lowest BCUT2D eigenvalue weighted by Crippen LogP contribution is -2.59. The normalized spacial score (nSPS) is 25.5. The van der Waals surface area contributed by atoms with E-state index in [1.165, 1.54) is 6.92 Å². The molecule has 0 saturated carbocycles. The van der Waals surface area contributed by atoms with Gasteiger partial charge >= 0.3 is 6.03 Å². The van der Waals surface area contributed by atoms with E-state index in [2.05, 4.69) is 16.0 Å². The molecule has 0 spiro atoms. The summed E-state index contributed by atoms with van der Waals surface area (Å²) in [4.78, 5) is 26.0. The van der Waals surface area contributed by atoms with Gasteiger partial charge in [-0.15, -0.1) is 0 Å². The van der Waals surface area contributed by atoms with Gasteiger partial charge in [-0.05, 0) is 12.2 Å². The number of ether oxygens (including phenoxy) is 1. The number of urea groups is 1. The number of hydrogen-bond acceptors (Lipinski definition) is 4. The van der Waals surface area contributed by atoms with Gasteiger partial charge in [0.2, 0.25) is 11.6 Å². The molecule has 2 aliphatic heterocycles. The van der Waals surface area contributed by atoms with Crippen molar-refractivity contribution in [3.63, 3.8) is 0 Å². The van der Waals surface area contributed by atoms with E-state index >= 15 is 0 Å². The third kappa shape index (κ3) is 2.60. The third-order valence-corrected chi connectivity index (χ3v) is 5.22. The first-order valence-electron chi connectivity index (χ1n) is 8.96. The molecule has 8 heteroatoms. The van der Waals surface area contributed by atoms with Gasteiger partial charge < -0.3 is 20.7 Å². The number of carbonyl (C=O) groups is 2. The predicted octanol–water partition coefficient (Wildman–Crippen LogP) is 1.76. The summed E-state index contributed by atoms with van der Waals surface area (Å²) in [5.74, 6) is -0.163. The first-order chi connectivity index (χ1) is 13.5. The number of fused-ring (bicyclic) bond motifs is 1. The van der Waals surface area contributed by atoms with Crippen molar-refractivity contribution >= 4 is 29.3 Å². The Morgan fingerprint density at radius 2 is 1.68 bits per heavy atom. The largest absolute Gasteiger partial charge is 0.434 e. The summed E-state index contributed by atoms with van der Waals surface area (Å²) in [6.45, 7) is 1.98. The lowest BCUT2D eigenvalue weighted by Gasteiger charge is -2.40. The molecular formula is C20H20N4O3S. The Bertz CT molecular complexity index is 924. The fourth-order valence-corrected chi connectivity index (χ4v) is 4.22. The SMILES string of the molecule is CC(=O)NCCN1C(=O)NC2(c3ccccc3)NC(=S)OC12c1ccccc1.